The summed E-state index contributed by atoms with van der Waals surface area (Å²) in [6, 6.07) is 12.6. The molecule has 0 aromatic heterocycles. The Morgan fingerprint density at radius 3 is 2.40 bits per heavy atom. The second-order valence-corrected chi connectivity index (χ2v) is 7.82. The number of hydrogen-bond acceptors (Lipinski definition) is 4. The predicted octanol–water partition coefficient (Wildman–Crippen LogP) is 5.09. The lowest BCUT2D eigenvalue weighted by molar-refractivity contribution is -0.121. The molecule has 2 rings (SSSR count). The Hall–Kier alpha value is -2.64. The number of amides is 2. The van der Waals surface area contributed by atoms with Crippen LogP contribution >= 0.6 is 23.8 Å². The topological polar surface area (TPSA) is 79.5 Å². The van der Waals surface area contributed by atoms with Gasteiger partial charge in [-0.25, -0.2) is 0 Å². The number of carbonyl (C=O) groups excluding carboxylic acids is 2. The van der Waals surface area contributed by atoms with Gasteiger partial charge in [-0.15, -0.1) is 0 Å². The zero-order valence-corrected chi connectivity index (χ0v) is 18.8. The van der Waals surface area contributed by atoms with E-state index in [9.17, 15) is 9.59 Å². The second kappa shape index (κ2) is 11.5. The quantitative estimate of drug-likeness (QED) is 0.491. The number of benzene rings is 2. The van der Waals surface area contributed by atoms with Crippen LogP contribution in [0.4, 0.5) is 11.4 Å². The van der Waals surface area contributed by atoms with Crippen LogP contribution in [-0.4, -0.2) is 23.5 Å². The molecule has 0 saturated heterocycles. The third-order valence-electron chi connectivity index (χ3n) is 4.15. The molecule has 2 aromatic rings. The smallest absolute Gasteiger partial charge is 0.264 e. The molecule has 6 nitrogen and oxygen atoms in total. The van der Waals surface area contributed by atoms with Crippen molar-refractivity contribution >= 4 is 52.1 Å². The molecular weight excluding hydrogens is 422 g/mol. The summed E-state index contributed by atoms with van der Waals surface area (Å²) in [7, 11) is 0. The Labute approximate surface area is 187 Å². The first-order chi connectivity index (χ1) is 14.3. The van der Waals surface area contributed by atoms with E-state index in [-0.39, 0.29) is 17.6 Å². The molecule has 2 aromatic carbocycles. The minimum atomic E-state index is -0.399. The SMILES string of the molecule is CCCC(=O)Nc1ccc(Cl)c(NC(=S)NC(=O)COc2ccc(C(C)C)cc2)c1. The summed E-state index contributed by atoms with van der Waals surface area (Å²) >= 11 is 11.4. The van der Waals surface area contributed by atoms with Gasteiger partial charge in [0, 0.05) is 12.1 Å². The highest BCUT2D eigenvalue weighted by molar-refractivity contribution is 7.80. The fourth-order valence-electron chi connectivity index (χ4n) is 2.56. The Morgan fingerprint density at radius 2 is 1.77 bits per heavy atom. The summed E-state index contributed by atoms with van der Waals surface area (Å²) in [5, 5.41) is 8.68. The van der Waals surface area contributed by atoms with E-state index in [0.717, 1.165) is 6.42 Å². The highest BCUT2D eigenvalue weighted by atomic mass is 35.5. The lowest BCUT2D eigenvalue weighted by Crippen LogP contribution is -2.37. The second-order valence-electron chi connectivity index (χ2n) is 7.01. The van der Waals surface area contributed by atoms with E-state index in [2.05, 4.69) is 29.8 Å². The number of anilines is 2. The number of thiocarbonyl (C=S) groups is 1. The van der Waals surface area contributed by atoms with E-state index in [1.807, 2.05) is 31.2 Å². The zero-order chi connectivity index (χ0) is 22.1. The molecule has 0 fully saturated rings. The number of halogens is 1. The monoisotopic (exact) mass is 447 g/mol. The van der Waals surface area contributed by atoms with Crippen molar-refractivity contribution in [3.8, 4) is 5.75 Å². The van der Waals surface area contributed by atoms with E-state index in [1.54, 1.807) is 18.2 Å². The highest BCUT2D eigenvalue weighted by Gasteiger charge is 2.10. The van der Waals surface area contributed by atoms with Crippen molar-refractivity contribution in [1.29, 1.82) is 0 Å². The zero-order valence-electron chi connectivity index (χ0n) is 17.3. The van der Waals surface area contributed by atoms with Gasteiger partial charge in [-0.2, -0.15) is 0 Å². The van der Waals surface area contributed by atoms with Crippen LogP contribution in [0.25, 0.3) is 0 Å². The lowest BCUT2D eigenvalue weighted by atomic mass is 10.0. The number of ether oxygens (including phenoxy) is 1. The average molecular weight is 448 g/mol. The summed E-state index contributed by atoms with van der Waals surface area (Å²) in [6.07, 6.45) is 1.19. The van der Waals surface area contributed by atoms with Crippen molar-refractivity contribution in [3.05, 3.63) is 53.1 Å². The molecule has 0 heterocycles. The first-order valence-corrected chi connectivity index (χ1v) is 10.5. The van der Waals surface area contributed by atoms with Gasteiger partial charge in [0.15, 0.2) is 11.7 Å². The molecule has 0 unspecified atom stereocenters. The summed E-state index contributed by atoms with van der Waals surface area (Å²) in [4.78, 5) is 23.9. The molecule has 0 aliphatic rings. The molecule has 30 heavy (non-hydrogen) atoms. The van der Waals surface area contributed by atoms with Crippen molar-refractivity contribution in [2.75, 3.05) is 17.2 Å². The molecule has 3 N–H and O–H groups in total. The number of rotatable bonds is 8. The Morgan fingerprint density at radius 1 is 1.07 bits per heavy atom. The van der Waals surface area contributed by atoms with Crippen LogP contribution in [-0.2, 0) is 9.59 Å². The number of carbonyl (C=O) groups is 2. The Balaban J connectivity index is 1.87. The van der Waals surface area contributed by atoms with E-state index < -0.39 is 5.91 Å². The molecule has 0 radical (unpaired) electrons. The van der Waals surface area contributed by atoms with Gasteiger partial charge >= 0.3 is 0 Å². The van der Waals surface area contributed by atoms with Crippen LogP contribution in [0.15, 0.2) is 42.5 Å². The van der Waals surface area contributed by atoms with E-state index in [4.69, 9.17) is 28.6 Å². The summed E-state index contributed by atoms with van der Waals surface area (Å²) < 4.78 is 5.49. The molecule has 0 aliphatic carbocycles. The molecule has 0 spiro atoms. The van der Waals surface area contributed by atoms with Crippen LogP contribution in [0.3, 0.4) is 0 Å². The van der Waals surface area contributed by atoms with Gasteiger partial charge in [0.25, 0.3) is 5.91 Å². The first-order valence-electron chi connectivity index (χ1n) is 9.71. The van der Waals surface area contributed by atoms with E-state index in [1.165, 1.54) is 5.56 Å². The maximum absolute atomic E-state index is 12.1. The summed E-state index contributed by atoms with van der Waals surface area (Å²) in [5.41, 5.74) is 2.26. The van der Waals surface area contributed by atoms with Gasteiger partial charge in [-0.1, -0.05) is 44.5 Å². The molecule has 0 aliphatic heterocycles. The van der Waals surface area contributed by atoms with Crippen molar-refractivity contribution in [3.63, 3.8) is 0 Å². The molecular formula is C22H26ClN3O3S. The summed E-state index contributed by atoms with van der Waals surface area (Å²) in [6.45, 7) is 5.97. The van der Waals surface area contributed by atoms with Gasteiger partial charge in [0.05, 0.1) is 10.7 Å². The molecule has 0 atom stereocenters. The van der Waals surface area contributed by atoms with E-state index >= 15 is 0 Å². The fraction of sp³-hybridized carbons (Fsp3) is 0.318. The van der Waals surface area contributed by atoms with Gasteiger partial charge in [-0.3, -0.25) is 14.9 Å². The fourth-order valence-corrected chi connectivity index (χ4v) is 2.95. The largest absolute Gasteiger partial charge is 0.484 e. The predicted molar refractivity (Wildman–Crippen MR) is 125 cm³/mol. The maximum Gasteiger partial charge on any atom is 0.264 e. The number of hydrogen-bond donors (Lipinski definition) is 3. The van der Waals surface area contributed by atoms with Crippen molar-refractivity contribution in [1.82, 2.24) is 5.32 Å². The van der Waals surface area contributed by atoms with E-state index in [0.29, 0.717) is 34.5 Å². The van der Waals surface area contributed by atoms with Crippen molar-refractivity contribution in [2.24, 2.45) is 0 Å². The number of nitrogens with one attached hydrogen (secondary N) is 3. The molecule has 160 valence electrons. The third kappa shape index (κ3) is 7.65. The Kier molecular flexibility index (Phi) is 9.08. The summed E-state index contributed by atoms with van der Waals surface area (Å²) in [5.74, 6) is 0.548. The molecule has 2 amide bonds. The molecule has 0 bridgehead atoms. The van der Waals surface area contributed by atoms with Crippen LogP contribution in [0, 0.1) is 0 Å². The minimum Gasteiger partial charge on any atom is -0.484 e. The molecule has 0 saturated carbocycles. The van der Waals surface area contributed by atoms with Crippen molar-refractivity contribution < 1.29 is 14.3 Å². The standard InChI is InChI=1S/C22H26ClN3O3S/c1-4-5-20(27)24-16-8-11-18(23)19(12-16)25-22(30)26-21(28)13-29-17-9-6-15(7-10-17)14(2)3/h6-12,14H,4-5,13H2,1-3H3,(H,24,27)(H2,25,26,28,30). The van der Waals surface area contributed by atoms with Crippen LogP contribution < -0.4 is 20.7 Å². The van der Waals surface area contributed by atoms with Crippen LogP contribution in [0.2, 0.25) is 5.02 Å². The third-order valence-corrected chi connectivity index (χ3v) is 4.68. The van der Waals surface area contributed by atoms with Crippen LogP contribution in [0.5, 0.6) is 5.75 Å². The minimum absolute atomic E-state index is 0.0812. The highest BCUT2D eigenvalue weighted by Crippen LogP contribution is 2.25. The average Bonchev–Trinajstić information content (AvgIpc) is 2.69. The Bertz CT molecular complexity index is 901. The van der Waals surface area contributed by atoms with Crippen LogP contribution in [0.1, 0.15) is 45.1 Å². The van der Waals surface area contributed by atoms with Gasteiger partial charge < -0.3 is 15.4 Å². The maximum atomic E-state index is 12.1. The first kappa shape index (κ1) is 23.6. The van der Waals surface area contributed by atoms with Gasteiger partial charge in [0.1, 0.15) is 5.75 Å². The molecule has 8 heteroatoms. The lowest BCUT2D eigenvalue weighted by Gasteiger charge is -2.13. The van der Waals surface area contributed by atoms with Gasteiger partial charge in [0.2, 0.25) is 5.91 Å². The normalized spacial score (nSPS) is 10.4. The van der Waals surface area contributed by atoms with Crippen molar-refractivity contribution in [2.45, 2.75) is 39.5 Å². The van der Waals surface area contributed by atoms with Gasteiger partial charge in [-0.05, 0) is 60.5 Å².